The van der Waals surface area contributed by atoms with Gasteiger partial charge >= 0.3 is 0 Å². The number of halogens is 1. The van der Waals surface area contributed by atoms with Crippen LogP contribution in [0.3, 0.4) is 0 Å². The number of hydrogen-bond acceptors (Lipinski definition) is 8. The number of likely N-dealkylation sites (N-methyl/N-ethyl adjacent to an activating group) is 1. The molecule has 27 heavy (non-hydrogen) atoms. The van der Waals surface area contributed by atoms with Crippen molar-refractivity contribution in [2.45, 2.75) is 43.0 Å². The second kappa shape index (κ2) is 8.28. The number of nitrogens with zero attached hydrogens (tertiary/aromatic N) is 1. The van der Waals surface area contributed by atoms with Crippen LogP contribution in [0.5, 0.6) is 0 Å². The monoisotopic (exact) mass is 407 g/mol. The van der Waals surface area contributed by atoms with Crippen molar-refractivity contribution in [2.24, 2.45) is 5.92 Å². The first kappa shape index (κ1) is 24.2. The van der Waals surface area contributed by atoms with Gasteiger partial charge in [-0.2, -0.15) is 0 Å². The molecule has 0 fully saturated rings. The van der Waals surface area contributed by atoms with Crippen molar-refractivity contribution < 1.29 is 35.7 Å². The first-order valence-corrected chi connectivity index (χ1v) is 8.88. The van der Waals surface area contributed by atoms with Gasteiger partial charge in [-0.1, -0.05) is 37.6 Å². The second-order valence-corrected chi connectivity index (χ2v) is 7.96. The molecule has 0 aliphatic heterocycles. The molecule has 1 aromatic carbocycles. The summed E-state index contributed by atoms with van der Waals surface area (Å²) < 4.78 is 0. The third-order valence-corrected chi connectivity index (χ3v) is 5.32. The Hall–Kier alpha value is -0.810. The van der Waals surface area contributed by atoms with Crippen molar-refractivity contribution in [2.75, 3.05) is 27.3 Å². The van der Waals surface area contributed by atoms with Crippen LogP contribution in [0.25, 0.3) is 0 Å². The fraction of sp³-hybridized carbons (Fsp3) is 0.667. The normalized spacial score (nSPS) is 17.9. The Kier molecular flexibility index (Phi) is 7.43. The molecule has 0 amide bonds. The molecule has 1 aromatic rings. The van der Waals surface area contributed by atoms with Crippen molar-refractivity contribution >= 4 is 11.6 Å². The van der Waals surface area contributed by atoms with Crippen LogP contribution >= 0.6 is 11.6 Å². The summed E-state index contributed by atoms with van der Waals surface area (Å²) in [7, 11) is 2.91. The minimum atomic E-state index is -3.56. The quantitative estimate of drug-likeness (QED) is 0.264. The van der Waals surface area contributed by atoms with E-state index in [1.54, 1.807) is 13.8 Å². The van der Waals surface area contributed by atoms with Crippen molar-refractivity contribution in [3.63, 3.8) is 0 Å². The molecule has 0 heterocycles. The molecule has 7 N–H and O–H groups in total. The summed E-state index contributed by atoms with van der Waals surface area (Å²) >= 11 is 5.90. The smallest absolute Gasteiger partial charge is 0.243 e. The van der Waals surface area contributed by atoms with E-state index < -0.39 is 35.9 Å². The van der Waals surface area contributed by atoms with Gasteiger partial charge in [-0.15, -0.1) is 0 Å². The van der Waals surface area contributed by atoms with Crippen LogP contribution in [0.2, 0.25) is 5.02 Å². The minimum absolute atomic E-state index is 0.0165. The number of aliphatic hydroxyl groups is 7. The summed E-state index contributed by atoms with van der Waals surface area (Å²) in [4.78, 5) is 1.26. The van der Waals surface area contributed by atoms with Crippen LogP contribution in [-0.2, 0) is 5.41 Å². The average molecular weight is 408 g/mol. The summed E-state index contributed by atoms with van der Waals surface area (Å²) in [6, 6.07) is 5.47. The molecule has 9 heteroatoms. The van der Waals surface area contributed by atoms with E-state index in [-0.39, 0.29) is 17.9 Å². The van der Waals surface area contributed by atoms with Crippen LogP contribution in [0, 0.1) is 5.92 Å². The Morgan fingerprint density at radius 3 is 1.74 bits per heavy atom. The Morgan fingerprint density at radius 1 is 0.926 bits per heavy atom. The van der Waals surface area contributed by atoms with E-state index in [2.05, 4.69) is 0 Å². The molecule has 0 bridgehead atoms. The predicted octanol–water partition coefficient (Wildman–Crippen LogP) is -0.780. The van der Waals surface area contributed by atoms with E-state index in [0.717, 1.165) is 0 Å². The van der Waals surface area contributed by atoms with E-state index in [1.807, 2.05) is 0 Å². The van der Waals surface area contributed by atoms with E-state index in [0.29, 0.717) is 5.02 Å². The highest BCUT2D eigenvalue weighted by Crippen LogP contribution is 2.50. The molecule has 1 rings (SSSR count). The first-order chi connectivity index (χ1) is 12.2. The van der Waals surface area contributed by atoms with Crippen molar-refractivity contribution in [3.05, 3.63) is 34.9 Å². The summed E-state index contributed by atoms with van der Waals surface area (Å²) in [6.07, 6.45) is -0.0758. The van der Waals surface area contributed by atoms with Crippen molar-refractivity contribution in [1.82, 2.24) is 4.90 Å². The zero-order valence-corrected chi connectivity index (χ0v) is 16.7. The Labute approximate surface area is 163 Å². The van der Waals surface area contributed by atoms with Crippen LogP contribution in [0.1, 0.15) is 25.8 Å². The molecule has 2 atom stereocenters. The average Bonchev–Trinajstić information content (AvgIpc) is 2.56. The van der Waals surface area contributed by atoms with Gasteiger partial charge in [0.2, 0.25) is 11.6 Å². The molecule has 2 unspecified atom stereocenters. The predicted molar refractivity (Wildman–Crippen MR) is 99.7 cm³/mol. The molecule has 0 aliphatic rings. The molecule has 0 radical (unpaired) electrons. The highest BCUT2D eigenvalue weighted by molar-refractivity contribution is 6.30. The highest BCUT2D eigenvalue weighted by Gasteiger charge is 2.71. The number of aliphatic hydroxyl groups excluding tert-OH is 2. The molecular weight excluding hydrogens is 378 g/mol. The number of hydrogen-bond donors (Lipinski definition) is 7. The summed E-state index contributed by atoms with van der Waals surface area (Å²) in [5.74, 6) is -7.21. The van der Waals surface area contributed by atoms with Gasteiger partial charge in [0, 0.05) is 5.02 Å². The zero-order valence-electron chi connectivity index (χ0n) is 16.0. The lowest BCUT2D eigenvalue weighted by Gasteiger charge is -2.58. The van der Waals surface area contributed by atoms with Gasteiger partial charge in [0.25, 0.3) is 0 Å². The molecule has 0 saturated heterocycles. The molecule has 0 spiro atoms. The topological polar surface area (TPSA) is 145 Å². The summed E-state index contributed by atoms with van der Waals surface area (Å²) in [5, 5.41) is 73.7. The van der Waals surface area contributed by atoms with Gasteiger partial charge in [-0.05, 0) is 44.1 Å². The van der Waals surface area contributed by atoms with Gasteiger partial charge in [0.05, 0.1) is 6.61 Å². The van der Waals surface area contributed by atoms with Crippen LogP contribution in [0.15, 0.2) is 24.3 Å². The summed E-state index contributed by atoms with van der Waals surface area (Å²) in [5.41, 5.74) is -4.64. The lowest BCUT2D eigenvalue weighted by atomic mass is 9.61. The van der Waals surface area contributed by atoms with Crippen LogP contribution < -0.4 is 0 Å². The Bertz CT molecular complexity index is 621. The van der Waals surface area contributed by atoms with E-state index in [9.17, 15) is 35.7 Å². The lowest BCUT2D eigenvalue weighted by molar-refractivity contribution is -0.418. The third-order valence-electron chi connectivity index (χ3n) is 5.06. The second-order valence-electron chi connectivity index (χ2n) is 7.53. The molecular formula is C18H30ClNO7. The SMILES string of the molecule is CC(C)CC(O)(N(C)C)C(CO)(c1ccc(Cl)cc1)C(O)(O)C(O)(O)CO. The standard InChI is InChI=1S/C18H30ClNO7/c1-12(2)9-16(23,20(3)4)15(10-21,13-5-7-14(19)8-6-13)18(26,27)17(24,25)11-22/h5-8,12,21-27H,9-11H2,1-4H3. The van der Waals surface area contributed by atoms with E-state index in [4.69, 9.17) is 11.6 Å². The molecule has 156 valence electrons. The minimum Gasteiger partial charge on any atom is -0.395 e. The maximum Gasteiger partial charge on any atom is 0.243 e. The fourth-order valence-corrected chi connectivity index (χ4v) is 3.66. The van der Waals surface area contributed by atoms with Crippen LogP contribution in [-0.4, -0.2) is 85.3 Å². The molecule has 0 aliphatic carbocycles. The van der Waals surface area contributed by atoms with E-state index >= 15 is 0 Å². The van der Waals surface area contributed by atoms with Gasteiger partial charge in [-0.25, -0.2) is 0 Å². The van der Waals surface area contributed by atoms with Gasteiger partial charge in [-0.3, -0.25) is 4.90 Å². The third kappa shape index (κ3) is 3.87. The first-order valence-electron chi connectivity index (χ1n) is 8.50. The van der Waals surface area contributed by atoms with Crippen LogP contribution in [0.4, 0.5) is 0 Å². The maximum atomic E-state index is 11.6. The summed E-state index contributed by atoms with van der Waals surface area (Å²) in [6.45, 7) is 0.991. The number of rotatable bonds is 9. The fourth-order valence-electron chi connectivity index (χ4n) is 3.53. The molecule has 0 aromatic heterocycles. The number of benzene rings is 1. The van der Waals surface area contributed by atoms with Crippen molar-refractivity contribution in [3.8, 4) is 0 Å². The van der Waals surface area contributed by atoms with Gasteiger partial charge in [0.15, 0.2) is 0 Å². The highest BCUT2D eigenvalue weighted by atomic mass is 35.5. The van der Waals surface area contributed by atoms with E-state index in [1.165, 1.54) is 43.3 Å². The molecule has 8 nitrogen and oxygen atoms in total. The largest absolute Gasteiger partial charge is 0.395 e. The Balaban J connectivity index is 3.97. The van der Waals surface area contributed by atoms with Gasteiger partial charge < -0.3 is 35.7 Å². The van der Waals surface area contributed by atoms with Gasteiger partial charge in [0.1, 0.15) is 17.7 Å². The van der Waals surface area contributed by atoms with Crippen molar-refractivity contribution in [1.29, 1.82) is 0 Å². The Morgan fingerprint density at radius 2 is 1.41 bits per heavy atom. The maximum absolute atomic E-state index is 11.6. The lowest BCUT2D eigenvalue weighted by Crippen LogP contribution is -2.79. The molecule has 0 saturated carbocycles. The zero-order chi connectivity index (χ0) is 21.3.